The number of hydrogen-bond acceptors (Lipinski definition) is 7. The second-order valence-electron chi connectivity index (χ2n) is 9.79. The van der Waals surface area contributed by atoms with Gasteiger partial charge in [-0.15, -0.1) is 0 Å². The molecule has 3 unspecified atom stereocenters. The van der Waals surface area contributed by atoms with Crippen molar-refractivity contribution in [2.75, 3.05) is 27.7 Å². The number of carbonyl (C=O) groups is 1. The minimum Gasteiger partial charge on any atom is -0.497 e. The summed E-state index contributed by atoms with van der Waals surface area (Å²) in [5.41, 5.74) is 2.05. The topological polar surface area (TPSA) is 105 Å². The fraction of sp³-hybridized carbons (Fsp3) is 0.444. The Kier molecular flexibility index (Phi) is 6.96. The smallest absolute Gasteiger partial charge is 0.363 e. The normalized spacial score (nSPS) is 22.4. The number of ether oxygens (including phenoxy) is 2. The van der Waals surface area contributed by atoms with Crippen molar-refractivity contribution in [2.24, 2.45) is 5.92 Å². The molecule has 0 aliphatic heterocycles. The number of aromatic nitrogens is 2. The van der Waals surface area contributed by atoms with Crippen molar-refractivity contribution < 1.29 is 19.4 Å². The average Bonchev–Trinajstić information content (AvgIpc) is 2.81. The molecule has 3 aromatic rings. The van der Waals surface area contributed by atoms with E-state index in [1.807, 2.05) is 69.2 Å². The van der Waals surface area contributed by atoms with Crippen LogP contribution in [0.5, 0.6) is 5.75 Å². The molecule has 0 amide bonds. The maximum Gasteiger partial charge on any atom is 0.363 e. The van der Waals surface area contributed by atoms with Gasteiger partial charge in [-0.05, 0) is 88.2 Å². The summed E-state index contributed by atoms with van der Waals surface area (Å²) in [4.78, 5) is 34.6. The highest BCUT2D eigenvalue weighted by atomic mass is 16.5. The highest BCUT2D eigenvalue weighted by Crippen LogP contribution is 2.43. The predicted molar refractivity (Wildman–Crippen MR) is 134 cm³/mol. The summed E-state index contributed by atoms with van der Waals surface area (Å²) >= 11 is 0. The standard InChI is InChI=1S/C27H33N3O5/c1-16-11-22-23(12-17(16)2)29-25(31)24(28-22)26(32)35-21-9-10-27(33,19(14-21)15-30(3)4)18-7-6-8-20(13-18)34-5/h6-8,11-13,19,21,33H,9-10,14-15H2,1-5H3,(H,29,31). The Morgan fingerprint density at radius 3 is 2.69 bits per heavy atom. The van der Waals surface area contributed by atoms with Gasteiger partial charge in [0.05, 0.1) is 23.7 Å². The van der Waals surface area contributed by atoms with Gasteiger partial charge in [-0.25, -0.2) is 9.78 Å². The van der Waals surface area contributed by atoms with Crippen LogP contribution in [0.3, 0.4) is 0 Å². The minimum atomic E-state index is -1.09. The fourth-order valence-corrected chi connectivity index (χ4v) is 4.95. The number of nitrogens with zero attached hydrogens (tertiary/aromatic N) is 2. The lowest BCUT2D eigenvalue weighted by Gasteiger charge is -2.44. The van der Waals surface area contributed by atoms with Gasteiger partial charge >= 0.3 is 5.97 Å². The van der Waals surface area contributed by atoms with Gasteiger partial charge in [0.15, 0.2) is 0 Å². The molecule has 1 saturated carbocycles. The Morgan fingerprint density at radius 1 is 1.23 bits per heavy atom. The molecular weight excluding hydrogens is 446 g/mol. The number of rotatable bonds is 6. The van der Waals surface area contributed by atoms with E-state index in [1.54, 1.807) is 7.11 Å². The lowest BCUT2D eigenvalue weighted by atomic mass is 9.70. The van der Waals surface area contributed by atoms with E-state index in [-0.39, 0.29) is 11.6 Å². The van der Waals surface area contributed by atoms with E-state index >= 15 is 0 Å². The number of H-pyrrole nitrogens is 1. The van der Waals surface area contributed by atoms with Crippen LogP contribution in [-0.2, 0) is 10.3 Å². The van der Waals surface area contributed by atoms with Crippen molar-refractivity contribution in [3.8, 4) is 5.75 Å². The van der Waals surface area contributed by atoms with Gasteiger partial charge in [-0.3, -0.25) is 4.79 Å². The lowest BCUT2D eigenvalue weighted by molar-refractivity contribution is -0.0961. The summed E-state index contributed by atoms with van der Waals surface area (Å²) in [6.07, 6.45) is 0.903. The number of fused-ring (bicyclic) bond motifs is 1. The largest absolute Gasteiger partial charge is 0.497 e. The third kappa shape index (κ3) is 5.09. The number of carbonyl (C=O) groups excluding carboxylic acids is 1. The van der Waals surface area contributed by atoms with Crippen molar-refractivity contribution in [1.82, 2.24) is 14.9 Å². The summed E-state index contributed by atoms with van der Waals surface area (Å²) in [5.74, 6) is -0.253. The zero-order valence-corrected chi connectivity index (χ0v) is 20.9. The van der Waals surface area contributed by atoms with Crippen molar-refractivity contribution in [2.45, 2.75) is 44.8 Å². The van der Waals surface area contributed by atoms with Crippen LogP contribution in [0.1, 0.15) is 46.4 Å². The van der Waals surface area contributed by atoms with Crippen LogP contribution in [-0.4, -0.2) is 59.8 Å². The number of methoxy groups -OCH3 is 1. The molecular formula is C27H33N3O5. The molecule has 1 fully saturated rings. The van der Waals surface area contributed by atoms with Crippen LogP contribution >= 0.6 is 0 Å². The fourth-order valence-electron chi connectivity index (χ4n) is 4.95. The van der Waals surface area contributed by atoms with Crippen LogP contribution in [0.25, 0.3) is 11.0 Å². The van der Waals surface area contributed by atoms with Gasteiger partial charge < -0.3 is 24.5 Å². The van der Waals surface area contributed by atoms with Gasteiger partial charge in [0.25, 0.3) is 5.56 Å². The van der Waals surface area contributed by atoms with E-state index < -0.39 is 23.2 Å². The third-order valence-corrected chi connectivity index (χ3v) is 7.00. The van der Waals surface area contributed by atoms with Crippen molar-refractivity contribution in [1.29, 1.82) is 0 Å². The summed E-state index contributed by atoms with van der Waals surface area (Å²) in [6.45, 7) is 4.51. The molecule has 1 aliphatic carbocycles. The zero-order chi connectivity index (χ0) is 25.3. The van der Waals surface area contributed by atoms with Crippen LogP contribution in [0.15, 0.2) is 41.2 Å². The molecule has 8 nitrogen and oxygen atoms in total. The molecule has 1 aliphatic rings. The van der Waals surface area contributed by atoms with Crippen LogP contribution in [0, 0.1) is 19.8 Å². The molecule has 0 spiro atoms. The van der Waals surface area contributed by atoms with Crippen LogP contribution < -0.4 is 10.3 Å². The molecule has 0 bridgehead atoms. The summed E-state index contributed by atoms with van der Waals surface area (Å²) < 4.78 is 11.1. The molecule has 3 atom stereocenters. The highest BCUT2D eigenvalue weighted by molar-refractivity contribution is 5.89. The number of hydrogen-bond donors (Lipinski definition) is 2. The van der Waals surface area contributed by atoms with Gasteiger partial charge in [0.2, 0.25) is 5.69 Å². The van der Waals surface area contributed by atoms with Crippen molar-refractivity contribution in [3.63, 3.8) is 0 Å². The Hall–Kier alpha value is -3.23. The summed E-state index contributed by atoms with van der Waals surface area (Å²) in [6, 6.07) is 11.2. The van der Waals surface area contributed by atoms with Crippen LogP contribution in [0.2, 0.25) is 0 Å². The predicted octanol–water partition coefficient (Wildman–Crippen LogP) is 3.32. The number of aliphatic hydroxyl groups is 1. The van der Waals surface area contributed by atoms with E-state index in [9.17, 15) is 14.7 Å². The number of aromatic amines is 1. The number of nitrogens with one attached hydrogen (secondary N) is 1. The first-order valence-corrected chi connectivity index (χ1v) is 11.8. The molecule has 1 aromatic heterocycles. The Bertz CT molecular complexity index is 1300. The first kappa shape index (κ1) is 24.9. The molecule has 4 rings (SSSR count). The van der Waals surface area contributed by atoms with E-state index in [4.69, 9.17) is 9.47 Å². The average molecular weight is 480 g/mol. The van der Waals surface area contributed by atoms with E-state index in [2.05, 4.69) is 9.97 Å². The molecule has 1 heterocycles. The number of esters is 1. The molecule has 8 heteroatoms. The molecule has 2 aromatic carbocycles. The first-order chi connectivity index (χ1) is 16.6. The van der Waals surface area contributed by atoms with Crippen molar-refractivity contribution in [3.05, 3.63) is 69.1 Å². The maximum absolute atomic E-state index is 13.0. The second kappa shape index (κ2) is 9.79. The van der Waals surface area contributed by atoms with Gasteiger partial charge in [0, 0.05) is 12.5 Å². The Labute approximate surface area is 204 Å². The van der Waals surface area contributed by atoms with Gasteiger partial charge in [-0.2, -0.15) is 0 Å². The minimum absolute atomic E-state index is 0.190. The number of benzene rings is 2. The van der Waals surface area contributed by atoms with Gasteiger partial charge in [0.1, 0.15) is 11.9 Å². The summed E-state index contributed by atoms with van der Waals surface area (Å²) in [5, 5.41) is 11.8. The quantitative estimate of drug-likeness (QED) is 0.523. The van der Waals surface area contributed by atoms with E-state index in [1.165, 1.54) is 0 Å². The number of aryl methyl sites for hydroxylation is 2. The lowest BCUT2D eigenvalue weighted by Crippen LogP contribution is -2.47. The van der Waals surface area contributed by atoms with E-state index in [0.29, 0.717) is 42.6 Å². The third-order valence-electron chi connectivity index (χ3n) is 7.00. The van der Waals surface area contributed by atoms with Crippen molar-refractivity contribution >= 4 is 17.0 Å². The van der Waals surface area contributed by atoms with E-state index in [0.717, 1.165) is 16.7 Å². The highest BCUT2D eigenvalue weighted by Gasteiger charge is 2.45. The molecule has 35 heavy (non-hydrogen) atoms. The molecule has 0 radical (unpaired) electrons. The summed E-state index contributed by atoms with van der Waals surface area (Å²) in [7, 11) is 5.50. The molecule has 2 N–H and O–H groups in total. The SMILES string of the molecule is COc1cccc(C2(O)CCC(OC(=O)c3nc4cc(C)c(C)cc4[nH]c3=O)CC2CN(C)C)c1. The second-order valence-corrected chi connectivity index (χ2v) is 9.79. The Morgan fingerprint density at radius 2 is 1.97 bits per heavy atom. The van der Waals surface area contributed by atoms with Crippen LogP contribution in [0.4, 0.5) is 0 Å². The van der Waals surface area contributed by atoms with Gasteiger partial charge in [-0.1, -0.05) is 12.1 Å². The monoisotopic (exact) mass is 479 g/mol. The first-order valence-electron chi connectivity index (χ1n) is 11.8. The Balaban J connectivity index is 1.57. The molecule has 0 saturated heterocycles. The maximum atomic E-state index is 13.0. The molecule has 186 valence electrons. The zero-order valence-electron chi connectivity index (χ0n) is 20.9.